The van der Waals surface area contributed by atoms with Crippen LogP contribution in [0.2, 0.25) is 0 Å². The van der Waals surface area contributed by atoms with Crippen LogP contribution < -0.4 is 10.2 Å². The summed E-state index contributed by atoms with van der Waals surface area (Å²) in [6.07, 6.45) is 1.56. The standard InChI is InChI=1S/C23H24N6O2S2/c30-11-8-24-23-27-20-19(21(28-23)29-9-12-33(31)13-10-29)25-15-26-22(20)32-14-17-6-3-5-16-4-1-2-7-18(16)17/h1-7,15,30H,8-14H2,(H,24,27,28). The fraction of sp³-hybridized carbons (Fsp3) is 0.304. The van der Waals surface area contributed by atoms with Crippen LogP contribution in [0.3, 0.4) is 0 Å². The Morgan fingerprint density at radius 1 is 1.03 bits per heavy atom. The molecule has 1 saturated heterocycles. The van der Waals surface area contributed by atoms with E-state index in [2.05, 4.69) is 61.6 Å². The number of nitrogens with zero attached hydrogens (tertiary/aromatic N) is 5. The van der Waals surface area contributed by atoms with E-state index < -0.39 is 11.2 Å². The fourth-order valence-electron chi connectivity index (χ4n) is 3.90. The molecule has 170 valence electrons. The Balaban J connectivity index is 1.51. The van der Waals surface area contributed by atoms with Gasteiger partial charge in [0, 0.05) is 12.3 Å². The third-order valence-electron chi connectivity index (χ3n) is 5.55. The molecule has 3 heterocycles. The Morgan fingerprint density at radius 2 is 1.85 bits per heavy atom. The molecule has 10 heteroatoms. The summed E-state index contributed by atoms with van der Waals surface area (Å²) >= 11 is 0.831. The number of nitrogens with one attached hydrogen (secondary N) is 1. The van der Waals surface area contributed by atoms with Crippen molar-refractivity contribution in [2.75, 3.05) is 48.0 Å². The SMILES string of the molecule is [O-][S+]1CCN(c2nc(NCCO)nc3c(SCc4cccc5ccccc45)ncnc23)CC1. The van der Waals surface area contributed by atoms with E-state index in [1.165, 1.54) is 16.3 Å². The number of hydrogen-bond acceptors (Lipinski definition) is 9. The average Bonchev–Trinajstić information content (AvgIpc) is 2.86. The average molecular weight is 481 g/mol. The molecular formula is C23H24N6O2S2. The first-order chi connectivity index (χ1) is 16.2. The van der Waals surface area contributed by atoms with Gasteiger partial charge in [0.1, 0.15) is 33.9 Å². The number of rotatable bonds is 7. The molecule has 33 heavy (non-hydrogen) atoms. The van der Waals surface area contributed by atoms with Crippen LogP contribution >= 0.6 is 11.8 Å². The van der Waals surface area contributed by atoms with Gasteiger partial charge < -0.3 is 19.9 Å². The van der Waals surface area contributed by atoms with Gasteiger partial charge in [-0.15, -0.1) is 0 Å². The van der Waals surface area contributed by atoms with Gasteiger partial charge in [0.15, 0.2) is 5.82 Å². The maximum absolute atomic E-state index is 11.9. The minimum Gasteiger partial charge on any atom is -0.616 e. The monoisotopic (exact) mass is 480 g/mol. The number of hydrogen-bond donors (Lipinski definition) is 2. The summed E-state index contributed by atoms with van der Waals surface area (Å²) in [6.45, 7) is 1.63. The van der Waals surface area contributed by atoms with Gasteiger partial charge in [-0.3, -0.25) is 0 Å². The second-order valence-corrected chi connectivity index (χ2v) is 10.3. The van der Waals surface area contributed by atoms with Crippen molar-refractivity contribution < 1.29 is 9.66 Å². The number of anilines is 2. The lowest BCUT2D eigenvalue weighted by Crippen LogP contribution is -2.41. The molecule has 1 fully saturated rings. The molecule has 2 aromatic heterocycles. The van der Waals surface area contributed by atoms with E-state index in [1.807, 2.05) is 6.07 Å². The molecule has 1 aliphatic rings. The number of thioether (sulfide) groups is 1. The minimum atomic E-state index is -0.790. The molecule has 0 spiro atoms. The van der Waals surface area contributed by atoms with Crippen LogP contribution in [0.15, 0.2) is 53.8 Å². The highest BCUT2D eigenvalue weighted by Crippen LogP contribution is 2.33. The van der Waals surface area contributed by atoms with Crippen molar-refractivity contribution in [3.63, 3.8) is 0 Å². The van der Waals surface area contributed by atoms with E-state index in [4.69, 9.17) is 4.98 Å². The molecule has 5 rings (SSSR count). The normalized spacial score (nSPS) is 14.8. The molecule has 0 amide bonds. The van der Waals surface area contributed by atoms with Gasteiger partial charge in [-0.2, -0.15) is 4.98 Å². The second-order valence-electron chi connectivity index (χ2n) is 7.66. The van der Waals surface area contributed by atoms with Gasteiger partial charge in [-0.05, 0) is 16.3 Å². The highest BCUT2D eigenvalue weighted by atomic mass is 32.2. The van der Waals surface area contributed by atoms with Gasteiger partial charge in [-0.25, -0.2) is 15.0 Å². The Kier molecular flexibility index (Phi) is 6.77. The first kappa shape index (κ1) is 22.1. The topological polar surface area (TPSA) is 110 Å². The first-order valence-electron chi connectivity index (χ1n) is 10.8. The van der Waals surface area contributed by atoms with Crippen LogP contribution in [-0.4, -0.2) is 67.3 Å². The van der Waals surface area contributed by atoms with Crippen LogP contribution in [0.25, 0.3) is 21.8 Å². The number of fused-ring (bicyclic) bond motifs is 2. The number of aliphatic hydroxyl groups excluding tert-OH is 1. The van der Waals surface area contributed by atoms with Gasteiger partial charge in [0.05, 0.1) is 19.7 Å². The zero-order valence-corrected chi connectivity index (χ0v) is 19.6. The van der Waals surface area contributed by atoms with E-state index >= 15 is 0 Å². The van der Waals surface area contributed by atoms with Crippen molar-refractivity contribution in [2.24, 2.45) is 0 Å². The zero-order valence-electron chi connectivity index (χ0n) is 18.0. The van der Waals surface area contributed by atoms with Crippen LogP contribution in [-0.2, 0) is 16.9 Å². The molecule has 1 aliphatic heterocycles. The number of benzene rings is 2. The Labute approximate surface area is 199 Å². The van der Waals surface area contributed by atoms with E-state index in [0.717, 1.165) is 10.8 Å². The summed E-state index contributed by atoms with van der Waals surface area (Å²) in [7, 11) is 0. The number of aliphatic hydroxyl groups is 1. The lowest BCUT2D eigenvalue weighted by molar-refractivity contribution is 0.311. The fourth-order valence-corrected chi connectivity index (χ4v) is 5.90. The Hall–Kier alpha value is -2.66. The van der Waals surface area contributed by atoms with Crippen molar-refractivity contribution in [2.45, 2.75) is 10.8 Å². The van der Waals surface area contributed by atoms with Crippen molar-refractivity contribution in [1.29, 1.82) is 0 Å². The zero-order chi connectivity index (χ0) is 22.6. The highest BCUT2D eigenvalue weighted by Gasteiger charge is 2.24. The second kappa shape index (κ2) is 10.1. The molecule has 0 aliphatic carbocycles. The third kappa shape index (κ3) is 4.84. The summed E-state index contributed by atoms with van der Waals surface area (Å²) in [5.41, 5.74) is 2.60. The van der Waals surface area contributed by atoms with Crippen molar-refractivity contribution in [1.82, 2.24) is 19.9 Å². The van der Waals surface area contributed by atoms with Gasteiger partial charge in [0.25, 0.3) is 0 Å². The molecule has 0 saturated carbocycles. The summed E-state index contributed by atoms with van der Waals surface area (Å²) in [5.74, 6) is 3.11. The van der Waals surface area contributed by atoms with E-state index in [1.54, 1.807) is 18.1 Å². The molecule has 0 radical (unpaired) electrons. The van der Waals surface area contributed by atoms with E-state index in [0.29, 0.717) is 53.9 Å². The molecule has 0 unspecified atom stereocenters. The summed E-state index contributed by atoms with van der Waals surface area (Å²) in [6, 6.07) is 14.7. The molecule has 2 N–H and O–H groups in total. The predicted molar refractivity (Wildman–Crippen MR) is 134 cm³/mol. The van der Waals surface area contributed by atoms with E-state index in [9.17, 15) is 9.66 Å². The van der Waals surface area contributed by atoms with Crippen molar-refractivity contribution >= 4 is 56.5 Å². The first-order valence-corrected chi connectivity index (χ1v) is 13.3. The van der Waals surface area contributed by atoms with Crippen molar-refractivity contribution in [3.05, 3.63) is 54.4 Å². The Bertz CT molecular complexity index is 1260. The molecule has 0 bridgehead atoms. The molecule has 2 aromatic carbocycles. The predicted octanol–water partition coefficient (Wildman–Crippen LogP) is 2.84. The maximum atomic E-state index is 11.9. The lowest BCUT2D eigenvalue weighted by atomic mass is 10.1. The van der Waals surface area contributed by atoms with Gasteiger partial charge in [-0.1, -0.05) is 65.4 Å². The summed E-state index contributed by atoms with van der Waals surface area (Å²) < 4.78 is 11.9. The molecular weight excluding hydrogens is 456 g/mol. The van der Waals surface area contributed by atoms with Crippen LogP contribution in [0.4, 0.5) is 11.8 Å². The van der Waals surface area contributed by atoms with Crippen LogP contribution in [0, 0.1) is 0 Å². The van der Waals surface area contributed by atoms with E-state index in [-0.39, 0.29) is 6.61 Å². The minimum absolute atomic E-state index is 0.0204. The van der Waals surface area contributed by atoms with Gasteiger partial charge in [0.2, 0.25) is 5.95 Å². The lowest BCUT2D eigenvalue weighted by Gasteiger charge is -2.29. The van der Waals surface area contributed by atoms with Crippen LogP contribution in [0.5, 0.6) is 0 Å². The molecule has 0 atom stereocenters. The summed E-state index contributed by atoms with van der Waals surface area (Å²) in [4.78, 5) is 20.5. The molecule has 8 nitrogen and oxygen atoms in total. The largest absolute Gasteiger partial charge is 0.616 e. The smallest absolute Gasteiger partial charge is 0.225 e. The Morgan fingerprint density at radius 3 is 2.70 bits per heavy atom. The van der Waals surface area contributed by atoms with Crippen LogP contribution in [0.1, 0.15) is 5.56 Å². The van der Waals surface area contributed by atoms with Crippen molar-refractivity contribution in [3.8, 4) is 0 Å². The number of aromatic nitrogens is 4. The quantitative estimate of drug-likeness (QED) is 0.234. The highest BCUT2D eigenvalue weighted by molar-refractivity contribution is 7.98. The summed E-state index contributed by atoms with van der Waals surface area (Å²) in [5, 5.41) is 15.5. The molecule has 4 aromatic rings. The van der Waals surface area contributed by atoms with Gasteiger partial charge >= 0.3 is 0 Å². The third-order valence-corrected chi connectivity index (χ3v) is 7.85. The maximum Gasteiger partial charge on any atom is 0.225 e.